The molecule has 1 N–H and O–H groups in total. The predicted molar refractivity (Wildman–Crippen MR) is 90.0 cm³/mol. The number of hydrogen-bond donors (Lipinski definition) is 1. The maximum Gasteiger partial charge on any atom is 0.233 e. The number of nitrogens with zero attached hydrogens (tertiary/aromatic N) is 4. The molecule has 0 spiro atoms. The summed E-state index contributed by atoms with van der Waals surface area (Å²) in [6.07, 6.45) is 8.08. The molecule has 0 aromatic carbocycles. The Morgan fingerprint density at radius 2 is 2.00 bits per heavy atom. The molecule has 7 heteroatoms. The van der Waals surface area contributed by atoms with Gasteiger partial charge in [-0.25, -0.2) is 0 Å². The van der Waals surface area contributed by atoms with Gasteiger partial charge in [-0.15, -0.1) is 10.2 Å². The molecule has 1 aliphatic carbocycles. The number of carbonyl (C=O) groups excluding carboxylic acids is 1. The van der Waals surface area contributed by atoms with Crippen LogP contribution < -0.4 is 5.32 Å². The first kappa shape index (κ1) is 16.0. The lowest BCUT2D eigenvalue weighted by molar-refractivity contribution is -0.120. The second-order valence-electron chi connectivity index (χ2n) is 5.85. The van der Waals surface area contributed by atoms with E-state index >= 15 is 0 Å². The van der Waals surface area contributed by atoms with Crippen LogP contribution >= 0.6 is 11.8 Å². The zero-order chi connectivity index (χ0) is 16.2. The fourth-order valence-electron chi connectivity index (χ4n) is 2.77. The Labute approximate surface area is 140 Å². The van der Waals surface area contributed by atoms with Gasteiger partial charge in [-0.05, 0) is 31.9 Å². The summed E-state index contributed by atoms with van der Waals surface area (Å²) in [6, 6.07) is 4.14. The minimum atomic E-state index is -0.191. The van der Waals surface area contributed by atoms with Gasteiger partial charge in [0, 0.05) is 31.0 Å². The van der Waals surface area contributed by atoms with E-state index in [0.29, 0.717) is 6.04 Å². The van der Waals surface area contributed by atoms with Gasteiger partial charge >= 0.3 is 0 Å². The maximum absolute atomic E-state index is 12.3. The molecule has 2 aromatic heterocycles. The molecule has 0 bridgehead atoms. The number of nitrogens with one attached hydrogen (secondary N) is 1. The molecule has 23 heavy (non-hydrogen) atoms. The van der Waals surface area contributed by atoms with E-state index in [4.69, 9.17) is 0 Å². The molecule has 1 atom stereocenters. The number of rotatable bonds is 5. The highest BCUT2D eigenvalue weighted by atomic mass is 32.2. The molecule has 6 nitrogen and oxygen atoms in total. The standard InChI is InChI=1S/C16H21N5OS/c1-11(15(22)18-13-5-3-4-6-13)23-16-20-19-14(21(16)2)12-7-9-17-10-8-12/h7-11,13H,3-6H2,1-2H3,(H,18,22)/t11-/m0/s1. The van der Waals surface area contributed by atoms with Crippen molar-refractivity contribution in [2.24, 2.45) is 7.05 Å². The summed E-state index contributed by atoms with van der Waals surface area (Å²) in [4.78, 5) is 16.3. The van der Waals surface area contributed by atoms with Gasteiger partial charge in [-0.3, -0.25) is 9.78 Å². The fraction of sp³-hybridized carbons (Fsp3) is 0.500. The number of hydrogen-bond acceptors (Lipinski definition) is 5. The second kappa shape index (κ2) is 7.12. The first-order valence-corrected chi connectivity index (χ1v) is 8.80. The average Bonchev–Trinajstić information content (AvgIpc) is 3.19. The Hall–Kier alpha value is -1.89. The number of aromatic nitrogens is 4. The smallest absolute Gasteiger partial charge is 0.233 e. The summed E-state index contributed by atoms with van der Waals surface area (Å²) in [5.41, 5.74) is 0.963. The largest absolute Gasteiger partial charge is 0.352 e. The molecule has 0 saturated heterocycles. The van der Waals surface area contributed by atoms with Crippen LogP contribution in [0, 0.1) is 0 Å². The van der Waals surface area contributed by atoms with E-state index in [1.165, 1.54) is 24.6 Å². The van der Waals surface area contributed by atoms with Crippen LogP contribution in [0.4, 0.5) is 0 Å². The lowest BCUT2D eigenvalue weighted by Gasteiger charge is -2.16. The monoisotopic (exact) mass is 331 g/mol. The number of carbonyl (C=O) groups is 1. The van der Waals surface area contributed by atoms with Crippen molar-refractivity contribution in [3.63, 3.8) is 0 Å². The predicted octanol–water partition coefficient (Wildman–Crippen LogP) is 2.42. The van der Waals surface area contributed by atoms with Crippen molar-refractivity contribution in [2.75, 3.05) is 0 Å². The summed E-state index contributed by atoms with van der Waals surface area (Å²) < 4.78 is 1.92. The van der Waals surface area contributed by atoms with Gasteiger partial charge in [-0.1, -0.05) is 24.6 Å². The zero-order valence-corrected chi connectivity index (χ0v) is 14.2. The van der Waals surface area contributed by atoms with Gasteiger partial charge in [0.15, 0.2) is 11.0 Å². The third-order valence-electron chi connectivity index (χ3n) is 4.13. The lowest BCUT2D eigenvalue weighted by Crippen LogP contribution is -2.37. The topological polar surface area (TPSA) is 72.7 Å². The molecule has 1 fully saturated rings. The van der Waals surface area contributed by atoms with Gasteiger partial charge in [0.1, 0.15) is 0 Å². The van der Waals surface area contributed by atoms with E-state index in [0.717, 1.165) is 29.4 Å². The molecular formula is C16H21N5OS. The van der Waals surface area contributed by atoms with Crippen molar-refractivity contribution in [2.45, 2.75) is 49.1 Å². The number of pyridine rings is 1. The van der Waals surface area contributed by atoms with Crippen molar-refractivity contribution in [3.8, 4) is 11.4 Å². The van der Waals surface area contributed by atoms with E-state index in [-0.39, 0.29) is 11.2 Å². The molecule has 122 valence electrons. The number of thioether (sulfide) groups is 1. The van der Waals surface area contributed by atoms with Crippen molar-refractivity contribution >= 4 is 17.7 Å². The van der Waals surface area contributed by atoms with Crippen LogP contribution in [0.5, 0.6) is 0 Å². The fourth-order valence-corrected chi connectivity index (χ4v) is 3.59. The maximum atomic E-state index is 12.3. The Kier molecular flexibility index (Phi) is 4.95. The minimum Gasteiger partial charge on any atom is -0.352 e. The third-order valence-corrected chi connectivity index (χ3v) is 5.26. The average molecular weight is 331 g/mol. The van der Waals surface area contributed by atoms with E-state index in [9.17, 15) is 4.79 Å². The first-order valence-electron chi connectivity index (χ1n) is 7.92. The highest BCUT2D eigenvalue weighted by molar-refractivity contribution is 8.00. The van der Waals surface area contributed by atoms with Gasteiger partial charge in [0.05, 0.1) is 5.25 Å². The summed E-state index contributed by atoms with van der Waals surface area (Å²) in [5.74, 6) is 0.855. The van der Waals surface area contributed by atoms with Crippen LogP contribution in [0.15, 0.2) is 29.7 Å². The molecule has 1 amide bonds. The molecule has 2 aromatic rings. The van der Waals surface area contributed by atoms with Crippen LogP contribution in [-0.4, -0.2) is 36.9 Å². The summed E-state index contributed by atoms with van der Waals surface area (Å²) in [6.45, 7) is 1.91. The third kappa shape index (κ3) is 3.72. The Morgan fingerprint density at radius 1 is 1.30 bits per heavy atom. The van der Waals surface area contributed by atoms with Gasteiger partial charge in [0.2, 0.25) is 5.91 Å². The molecule has 0 radical (unpaired) electrons. The van der Waals surface area contributed by atoms with E-state index < -0.39 is 0 Å². The van der Waals surface area contributed by atoms with Gasteiger partial charge in [-0.2, -0.15) is 0 Å². The van der Waals surface area contributed by atoms with Crippen LogP contribution in [0.2, 0.25) is 0 Å². The molecular weight excluding hydrogens is 310 g/mol. The molecule has 0 aliphatic heterocycles. The highest BCUT2D eigenvalue weighted by Gasteiger charge is 2.23. The lowest BCUT2D eigenvalue weighted by atomic mass is 10.2. The van der Waals surface area contributed by atoms with Crippen LogP contribution in [0.3, 0.4) is 0 Å². The molecule has 0 unspecified atom stereocenters. The zero-order valence-electron chi connectivity index (χ0n) is 13.4. The SMILES string of the molecule is C[C@H](Sc1nnc(-c2ccncc2)n1C)C(=O)NC1CCCC1. The molecule has 3 rings (SSSR count). The van der Waals surface area contributed by atoms with Crippen molar-refractivity contribution in [3.05, 3.63) is 24.5 Å². The van der Waals surface area contributed by atoms with Crippen molar-refractivity contribution in [1.29, 1.82) is 0 Å². The Balaban J connectivity index is 1.66. The van der Waals surface area contributed by atoms with Crippen molar-refractivity contribution < 1.29 is 4.79 Å². The van der Waals surface area contributed by atoms with Crippen LogP contribution in [0.1, 0.15) is 32.6 Å². The normalized spacial score (nSPS) is 16.4. The van der Waals surface area contributed by atoms with Crippen LogP contribution in [0.25, 0.3) is 11.4 Å². The summed E-state index contributed by atoms with van der Waals surface area (Å²) >= 11 is 1.44. The number of amides is 1. The van der Waals surface area contributed by atoms with E-state index in [1.807, 2.05) is 30.7 Å². The molecule has 2 heterocycles. The van der Waals surface area contributed by atoms with E-state index in [2.05, 4.69) is 20.5 Å². The second-order valence-corrected chi connectivity index (χ2v) is 7.16. The first-order chi connectivity index (χ1) is 11.1. The molecule has 1 saturated carbocycles. The summed E-state index contributed by atoms with van der Waals surface area (Å²) in [7, 11) is 1.92. The quantitative estimate of drug-likeness (QED) is 0.852. The highest BCUT2D eigenvalue weighted by Crippen LogP contribution is 2.26. The Morgan fingerprint density at radius 3 is 2.70 bits per heavy atom. The summed E-state index contributed by atoms with van der Waals surface area (Å²) in [5, 5.41) is 12.1. The Bertz CT molecular complexity index is 666. The molecule has 1 aliphatic rings. The van der Waals surface area contributed by atoms with Gasteiger partial charge in [0.25, 0.3) is 0 Å². The van der Waals surface area contributed by atoms with Crippen molar-refractivity contribution in [1.82, 2.24) is 25.1 Å². The van der Waals surface area contributed by atoms with Gasteiger partial charge < -0.3 is 9.88 Å². The van der Waals surface area contributed by atoms with E-state index in [1.54, 1.807) is 12.4 Å². The minimum absolute atomic E-state index is 0.0790. The van der Waals surface area contributed by atoms with Crippen LogP contribution in [-0.2, 0) is 11.8 Å².